The number of carboxylic acid groups (broad SMARTS) is 1. The van der Waals surface area contributed by atoms with Crippen LogP contribution in [0.2, 0.25) is 5.02 Å². The zero-order valence-corrected chi connectivity index (χ0v) is 19.9. The molecule has 3 aromatic rings. The van der Waals surface area contributed by atoms with Gasteiger partial charge in [-0.2, -0.15) is 0 Å². The SMILES string of the molecule is C[C@@H]1CN(c2nc3ccc(Cl)cc3s2)C[C@H](C)N1CCOc1cccc(CCC(=O)O)c1. The van der Waals surface area contributed by atoms with E-state index < -0.39 is 5.97 Å². The van der Waals surface area contributed by atoms with Gasteiger partial charge in [0.2, 0.25) is 0 Å². The van der Waals surface area contributed by atoms with Gasteiger partial charge in [-0.25, -0.2) is 4.98 Å². The third-order valence-corrected chi connectivity index (χ3v) is 7.17. The van der Waals surface area contributed by atoms with Crippen molar-refractivity contribution in [2.75, 3.05) is 31.1 Å². The van der Waals surface area contributed by atoms with Gasteiger partial charge in [0.15, 0.2) is 5.13 Å². The van der Waals surface area contributed by atoms with Crippen molar-refractivity contribution in [2.24, 2.45) is 0 Å². The standard InChI is InChI=1S/C24H28ClN3O3S/c1-16-14-27(24-26-21-8-7-19(25)13-22(21)32-24)15-17(2)28(16)10-11-31-20-5-3-4-18(12-20)6-9-23(29)30/h3-5,7-8,12-13,16-17H,6,9-11,14-15H2,1-2H3,(H,29,30)/t16-,17+. The highest BCUT2D eigenvalue weighted by Gasteiger charge is 2.30. The molecule has 0 spiro atoms. The normalized spacial score (nSPS) is 19.4. The third kappa shape index (κ3) is 5.52. The highest BCUT2D eigenvalue weighted by atomic mass is 35.5. The van der Waals surface area contributed by atoms with E-state index >= 15 is 0 Å². The lowest BCUT2D eigenvalue weighted by molar-refractivity contribution is -0.136. The van der Waals surface area contributed by atoms with E-state index in [9.17, 15) is 4.79 Å². The molecule has 1 N–H and O–H groups in total. The molecule has 0 unspecified atom stereocenters. The number of aryl methyl sites for hydroxylation is 1. The van der Waals surface area contributed by atoms with E-state index in [4.69, 9.17) is 26.4 Å². The Morgan fingerprint density at radius 1 is 1.22 bits per heavy atom. The molecule has 2 aromatic carbocycles. The number of rotatable bonds is 8. The molecule has 2 atom stereocenters. The zero-order chi connectivity index (χ0) is 22.7. The Morgan fingerprint density at radius 2 is 2.00 bits per heavy atom. The van der Waals surface area contributed by atoms with Crippen molar-refractivity contribution in [1.29, 1.82) is 0 Å². The number of hydrogen-bond donors (Lipinski definition) is 1. The summed E-state index contributed by atoms with van der Waals surface area (Å²) in [5.41, 5.74) is 1.98. The number of hydrogen-bond acceptors (Lipinski definition) is 6. The van der Waals surface area contributed by atoms with Gasteiger partial charge in [0, 0.05) is 43.2 Å². The van der Waals surface area contributed by atoms with E-state index in [1.807, 2.05) is 42.5 Å². The summed E-state index contributed by atoms with van der Waals surface area (Å²) in [5, 5.41) is 10.7. The van der Waals surface area contributed by atoms with Crippen molar-refractivity contribution >= 4 is 44.3 Å². The van der Waals surface area contributed by atoms with Crippen LogP contribution < -0.4 is 9.64 Å². The summed E-state index contributed by atoms with van der Waals surface area (Å²) < 4.78 is 7.11. The molecular weight excluding hydrogens is 446 g/mol. The minimum Gasteiger partial charge on any atom is -0.492 e. The fourth-order valence-electron chi connectivity index (χ4n) is 4.29. The predicted octanol–water partition coefficient (Wildman–Crippen LogP) is 4.94. The molecule has 0 amide bonds. The second kappa shape index (κ2) is 10.1. The maximum Gasteiger partial charge on any atom is 0.303 e. The van der Waals surface area contributed by atoms with Crippen molar-refractivity contribution in [2.45, 2.75) is 38.8 Å². The van der Waals surface area contributed by atoms with Gasteiger partial charge in [0.25, 0.3) is 0 Å². The predicted molar refractivity (Wildman–Crippen MR) is 130 cm³/mol. The Morgan fingerprint density at radius 3 is 2.75 bits per heavy atom. The van der Waals surface area contributed by atoms with Gasteiger partial charge >= 0.3 is 5.97 Å². The summed E-state index contributed by atoms with van der Waals surface area (Å²) in [6.45, 7) is 7.77. The van der Waals surface area contributed by atoms with Gasteiger partial charge in [0.1, 0.15) is 12.4 Å². The molecule has 0 radical (unpaired) electrons. The lowest BCUT2D eigenvalue weighted by Crippen LogP contribution is -2.57. The van der Waals surface area contributed by atoms with Crippen LogP contribution in [0.25, 0.3) is 10.2 Å². The summed E-state index contributed by atoms with van der Waals surface area (Å²) >= 11 is 7.83. The van der Waals surface area contributed by atoms with E-state index in [0.717, 1.165) is 51.3 Å². The van der Waals surface area contributed by atoms with E-state index in [2.05, 4.69) is 23.6 Å². The zero-order valence-electron chi connectivity index (χ0n) is 18.3. The molecule has 1 aliphatic heterocycles. The van der Waals surface area contributed by atoms with Crippen LogP contribution in [0, 0.1) is 0 Å². The van der Waals surface area contributed by atoms with Crippen molar-refractivity contribution in [3.8, 4) is 5.75 Å². The second-order valence-electron chi connectivity index (χ2n) is 8.34. The Balaban J connectivity index is 1.32. The number of halogens is 1. The molecule has 8 heteroatoms. The fourth-order valence-corrected chi connectivity index (χ4v) is 5.55. The minimum atomic E-state index is -0.784. The van der Waals surface area contributed by atoms with Gasteiger partial charge in [0.05, 0.1) is 10.2 Å². The number of aliphatic carboxylic acids is 1. The molecule has 1 saturated heterocycles. The van der Waals surface area contributed by atoms with Gasteiger partial charge in [-0.1, -0.05) is 35.1 Å². The van der Waals surface area contributed by atoms with Gasteiger partial charge in [-0.3, -0.25) is 9.69 Å². The fraction of sp³-hybridized carbons (Fsp3) is 0.417. The molecule has 0 aliphatic carbocycles. The summed E-state index contributed by atoms with van der Waals surface area (Å²) in [7, 11) is 0. The molecule has 32 heavy (non-hydrogen) atoms. The molecule has 2 heterocycles. The average molecular weight is 474 g/mol. The molecule has 0 saturated carbocycles. The number of anilines is 1. The minimum absolute atomic E-state index is 0.129. The van der Waals surface area contributed by atoms with Crippen molar-refractivity contribution in [3.05, 3.63) is 53.1 Å². The van der Waals surface area contributed by atoms with E-state index in [1.54, 1.807) is 11.3 Å². The lowest BCUT2D eigenvalue weighted by atomic mass is 10.1. The van der Waals surface area contributed by atoms with E-state index in [0.29, 0.717) is 25.1 Å². The second-order valence-corrected chi connectivity index (χ2v) is 9.78. The van der Waals surface area contributed by atoms with Crippen molar-refractivity contribution in [3.63, 3.8) is 0 Å². The van der Waals surface area contributed by atoms with Gasteiger partial charge < -0.3 is 14.7 Å². The van der Waals surface area contributed by atoms with Crippen LogP contribution in [-0.2, 0) is 11.2 Å². The molecule has 1 aliphatic rings. The highest BCUT2D eigenvalue weighted by Crippen LogP contribution is 2.32. The Kier molecular flexibility index (Phi) is 7.18. The number of carbonyl (C=O) groups is 1. The smallest absolute Gasteiger partial charge is 0.303 e. The first kappa shape index (κ1) is 22.8. The lowest BCUT2D eigenvalue weighted by Gasteiger charge is -2.44. The molecule has 0 bridgehead atoms. The molecular formula is C24H28ClN3O3S. The molecule has 6 nitrogen and oxygen atoms in total. The topological polar surface area (TPSA) is 65.9 Å². The van der Waals surface area contributed by atoms with Crippen LogP contribution in [0.5, 0.6) is 5.75 Å². The quantitative estimate of drug-likeness (QED) is 0.499. The average Bonchev–Trinajstić information content (AvgIpc) is 3.17. The van der Waals surface area contributed by atoms with E-state index in [-0.39, 0.29) is 6.42 Å². The number of ether oxygens (including phenoxy) is 1. The van der Waals surface area contributed by atoms with Crippen LogP contribution >= 0.6 is 22.9 Å². The largest absolute Gasteiger partial charge is 0.492 e. The first-order chi connectivity index (χ1) is 15.4. The van der Waals surface area contributed by atoms with Crippen molar-refractivity contribution < 1.29 is 14.6 Å². The number of nitrogens with zero attached hydrogens (tertiary/aromatic N) is 3. The third-order valence-electron chi connectivity index (χ3n) is 5.86. The van der Waals surface area contributed by atoms with Crippen LogP contribution in [0.1, 0.15) is 25.8 Å². The Bertz CT molecular complexity index is 1080. The summed E-state index contributed by atoms with van der Waals surface area (Å²) in [4.78, 5) is 20.5. The molecule has 170 valence electrons. The van der Waals surface area contributed by atoms with Crippen LogP contribution in [0.4, 0.5) is 5.13 Å². The first-order valence-electron chi connectivity index (χ1n) is 10.9. The monoisotopic (exact) mass is 473 g/mol. The number of piperazine rings is 1. The molecule has 1 fully saturated rings. The first-order valence-corrected chi connectivity index (χ1v) is 12.1. The number of aromatic nitrogens is 1. The van der Waals surface area contributed by atoms with Crippen molar-refractivity contribution in [1.82, 2.24) is 9.88 Å². The maximum absolute atomic E-state index is 10.8. The maximum atomic E-state index is 10.8. The van der Waals surface area contributed by atoms with Crippen LogP contribution in [0.15, 0.2) is 42.5 Å². The van der Waals surface area contributed by atoms with Gasteiger partial charge in [-0.15, -0.1) is 0 Å². The number of carboxylic acids is 1. The van der Waals surface area contributed by atoms with Crippen LogP contribution in [0.3, 0.4) is 0 Å². The van der Waals surface area contributed by atoms with Gasteiger partial charge in [-0.05, 0) is 56.2 Å². The Labute approximate surface area is 197 Å². The molecule has 1 aromatic heterocycles. The highest BCUT2D eigenvalue weighted by molar-refractivity contribution is 7.22. The number of fused-ring (bicyclic) bond motifs is 1. The number of thiazole rings is 1. The van der Waals surface area contributed by atoms with E-state index in [1.165, 1.54) is 0 Å². The number of benzene rings is 2. The summed E-state index contributed by atoms with van der Waals surface area (Å²) in [6, 6.07) is 14.3. The Hall–Kier alpha value is -2.35. The molecule has 4 rings (SSSR count). The van der Waals surface area contributed by atoms with Crippen LogP contribution in [-0.4, -0.2) is 59.3 Å². The summed E-state index contributed by atoms with van der Waals surface area (Å²) in [6.07, 6.45) is 0.644. The summed E-state index contributed by atoms with van der Waals surface area (Å²) in [5.74, 6) is 0.00746.